The molecule has 3 heterocycles. The molecule has 0 bridgehead atoms. The van der Waals surface area contributed by atoms with Crippen LogP contribution in [0.1, 0.15) is 17.2 Å². The van der Waals surface area contributed by atoms with Crippen molar-refractivity contribution in [1.29, 1.82) is 0 Å². The molecule has 1 atom stereocenters. The summed E-state index contributed by atoms with van der Waals surface area (Å²) in [4.78, 5) is 33.5. The number of Topliss-reactive ketones (excluding diaryl/α,β-unsaturated/α-hetero) is 1. The first-order valence-corrected chi connectivity index (χ1v) is 14.3. The number of amides is 1. The third-order valence-corrected chi connectivity index (χ3v) is 8.22. The van der Waals surface area contributed by atoms with Gasteiger partial charge in [0.2, 0.25) is 0 Å². The third-order valence-electron chi connectivity index (χ3n) is 7.20. The maximum Gasteiger partial charge on any atom is 0.301 e. The number of aliphatic hydroxyl groups is 1. The summed E-state index contributed by atoms with van der Waals surface area (Å²) >= 11 is 1.25. The average Bonchev–Trinajstić information content (AvgIpc) is 3.58. The number of fused-ring (bicyclic) bond motifs is 2. The van der Waals surface area contributed by atoms with Gasteiger partial charge in [0.1, 0.15) is 36.2 Å². The van der Waals surface area contributed by atoms with E-state index < -0.39 is 17.7 Å². The number of para-hydroxylation sites is 1. The topological polar surface area (TPSA) is 107 Å². The second-order valence-electron chi connectivity index (χ2n) is 9.85. The van der Waals surface area contributed by atoms with E-state index >= 15 is 0 Å². The highest BCUT2D eigenvalue weighted by Crippen LogP contribution is 2.46. The number of ether oxygens (including phenoxy) is 4. The fourth-order valence-corrected chi connectivity index (χ4v) is 6.21. The number of benzene rings is 4. The highest BCUT2D eigenvalue weighted by molar-refractivity contribution is 7.22. The minimum atomic E-state index is -0.991. The Morgan fingerprint density at radius 3 is 2.49 bits per heavy atom. The van der Waals surface area contributed by atoms with E-state index in [0.717, 1.165) is 4.70 Å². The number of carbonyl (C=O) groups excluding carboxylic acids is 2. The van der Waals surface area contributed by atoms with Crippen molar-refractivity contribution in [2.24, 2.45) is 0 Å². The number of hydrogen-bond donors (Lipinski definition) is 1. The molecule has 0 radical (unpaired) electrons. The number of carbonyl (C=O) groups is 2. The molecule has 1 saturated heterocycles. The van der Waals surface area contributed by atoms with Crippen molar-refractivity contribution in [3.63, 3.8) is 0 Å². The first kappa shape index (κ1) is 26.5. The molecule has 43 heavy (non-hydrogen) atoms. The molecule has 1 fully saturated rings. The molecule has 7 rings (SSSR count). The largest absolute Gasteiger partial charge is 0.507 e. The van der Waals surface area contributed by atoms with Gasteiger partial charge in [0.05, 0.1) is 28.9 Å². The number of aromatic nitrogens is 1. The van der Waals surface area contributed by atoms with Crippen molar-refractivity contribution < 1.29 is 33.6 Å². The maximum atomic E-state index is 13.7. The molecule has 0 spiro atoms. The third kappa shape index (κ3) is 4.81. The molecule has 0 aliphatic carbocycles. The maximum absolute atomic E-state index is 13.7. The fraction of sp³-hybridized carbons (Fsp3) is 0.121. The highest BCUT2D eigenvalue weighted by Gasteiger charge is 2.48. The van der Waals surface area contributed by atoms with Gasteiger partial charge in [-0.05, 0) is 66.2 Å². The fourth-order valence-electron chi connectivity index (χ4n) is 5.19. The van der Waals surface area contributed by atoms with E-state index in [1.807, 2.05) is 36.4 Å². The highest BCUT2D eigenvalue weighted by atomic mass is 32.1. The van der Waals surface area contributed by atoms with E-state index in [9.17, 15) is 14.7 Å². The Bertz CT molecular complexity index is 1920. The van der Waals surface area contributed by atoms with Gasteiger partial charge in [-0.1, -0.05) is 41.7 Å². The monoisotopic (exact) mass is 592 g/mol. The van der Waals surface area contributed by atoms with Crippen LogP contribution in [0.2, 0.25) is 0 Å². The summed E-state index contributed by atoms with van der Waals surface area (Å²) in [7, 11) is 1.57. The zero-order valence-corrected chi connectivity index (χ0v) is 23.7. The van der Waals surface area contributed by atoms with Crippen LogP contribution in [-0.2, 0) is 9.59 Å². The summed E-state index contributed by atoms with van der Waals surface area (Å²) in [5.41, 5.74) is 1.45. The molecule has 1 aromatic heterocycles. The lowest BCUT2D eigenvalue weighted by molar-refractivity contribution is -0.132. The van der Waals surface area contributed by atoms with Crippen LogP contribution in [0.3, 0.4) is 0 Å². The molecule has 2 aliphatic rings. The lowest BCUT2D eigenvalue weighted by Crippen LogP contribution is -2.29. The van der Waals surface area contributed by atoms with Gasteiger partial charge in [-0.15, -0.1) is 0 Å². The Morgan fingerprint density at radius 2 is 1.67 bits per heavy atom. The van der Waals surface area contributed by atoms with E-state index in [1.54, 1.807) is 61.7 Å². The van der Waals surface area contributed by atoms with Gasteiger partial charge >= 0.3 is 5.91 Å². The first-order valence-electron chi connectivity index (χ1n) is 13.5. The molecule has 1 N–H and O–H groups in total. The Hall–Kier alpha value is -5.35. The van der Waals surface area contributed by atoms with Crippen molar-refractivity contribution in [1.82, 2.24) is 4.98 Å². The van der Waals surface area contributed by atoms with Gasteiger partial charge in [0.15, 0.2) is 16.6 Å². The molecule has 1 amide bonds. The van der Waals surface area contributed by atoms with Crippen molar-refractivity contribution in [2.75, 3.05) is 25.2 Å². The second kappa shape index (κ2) is 10.8. The molecular weight excluding hydrogens is 568 g/mol. The lowest BCUT2D eigenvalue weighted by atomic mass is 9.95. The normalized spacial score (nSPS) is 17.3. The van der Waals surface area contributed by atoms with E-state index in [2.05, 4.69) is 4.98 Å². The van der Waals surface area contributed by atoms with Crippen LogP contribution in [-0.4, -0.2) is 42.1 Å². The van der Waals surface area contributed by atoms with Gasteiger partial charge in [0, 0.05) is 5.56 Å². The number of nitrogens with zero attached hydrogens (tertiary/aromatic N) is 2. The summed E-state index contributed by atoms with van der Waals surface area (Å²) in [6, 6.07) is 25.7. The number of anilines is 1. The lowest BCUT2D eigenvalue weighted by Gasteiger charge is -2.23. The molecule has 1 unspecified atom stereocenters. The molecule has 214 valence electrons. The predicted octanol–water partition coefficient (Wildman–Crippen LogP) is 6.49. The SMILES string of the molecule is COc1ccc2nc(N3C(=O)C(=O)/C(=C(\O)c4ccc5c(c4)OCCO5)C3c3cccc(Oc4ccccc4)c3)sc2c1. The van der Waals surface area contributed by atoms with E-state index in [1.165, 1.54) is 16.2 Å². The molecule has 2 aliphatic heterocycles. The van der Waals surface area contributed by atoms with Crippen molar-refractivity contribution >= 4 is 44.1 Å². The summed E-state index contributed by atoms with van der Waals surface area (Å²) in [6.45, 7) is 0.775. The minimum Gasteiger partial charge on any atom is -0.507 e. The van der Waals surface area contributed by atoms with Crippen molar-refractivity contribution in [3.05, 3.63) is 108 Å². The van der Waals surface area contributed by atoms with Crippen LogP contribution >= 0.6 is 11.3 Å². The summed E-state index contributed by atoms with van der Waals surface area (Å²) < 4.78 is 23.5. The number of methoxy groups -OCH3 is 1. The molecule has 0 saturated carbocycles. The number of hydrogen-bond acceptors (Lipinski definition) is 9. The number of thiazole rings is 1. The molecular formula is C33H24N2O7S. The smallest absolute Gasteiger partial charge is 0.301 e. The molecule has 9 nitrogen and oxygen atoms in total. The van der Waals surface area contributed by atoms with Gasteiger partial charge in [-0.2, -0.15) is 0 Å². The van der Waals surface area contributed by atoms with Gasteiger partial charge in [0.25, 0.3) is 5.78 Å². The quantitative estimate of drug-likeness (QED) is 0.135. The Kier molecular flexibility index (Phi) is 6.67. The summed E-state index contributed by atoms with van der Waals surface area (Å²) in [5, 5.41) is 11.9. The molecule has 10 heteroatoms. The van der Waals surface area contributed by atoms with Gasteiger partial charge in [-0.25, -0.2) is 4.98 Å². The zero-order valence-electron chi connectivity index (χ0n) is 22.9. The van der Waals surface area contributed by atoms with Crippen LogP contribution in [0.15, 0.2) is 96.6 Å². The van der Waals surface area contributed by atoms with Crippen molar-refractivity contribution in [3.8, 4) is 28.7 Å². The van der Waals surface area contributed by atoms with E-state index in [0.29, 0.717) is 63.7 Å². The van der Waals surface area contributed by atoms with Gasteiger partial charge < -0.3 is 24.1 Å². The van der Waals surface area contributed by atoms with Crippen molar-refractivity contribution in [2.45, 2.75) is 6.04 Å². The van der Waals surface area contributed by atoms with E-state index in [4.69, 9.17) is 18.9 Å². The Labute approximate surface area is 250 Å². The Morgan fingerprint density at radius 1 is 0.884 bits per heavy atom. The summed E-state index contributed by atoms with van der Waals surface area (Å²) in [6.07, 6.45) is 0. The van der Waals surface area contributed by atoms with E-state index in [-0.39, 0.29) is 11.3 Å². The standard InChI is InChI=1S/C33H24N2O7S/c1-39-22-11-12-24-27(18-22)43-33(34-24)35-29(19-6-5-9-23(16-19)42-21-7-3-2-4-8-21)28(31(37)32(35)38)30(36)20-10-13-25-26(17-20)41-15-14-40-25/h2-13,16-18,29,36H,14-15H2,1H3/b30-28-. The summed E-state index contributed by atoms with van der Waals surface area (Å²) in [5.74, 6) is 0.793. The van der Waals surface area contributed by atoms with Crippen LogP contribution in [0.4, 0.5) is 5.13 Å². The average molecular weight is 593 g/mol. The van der Waals surface area contributed by atoms with Crippen LogP contribution in [0, 0.1) is 0 Å². The minimum absolute atomic E-state index is 0.0737. The van der Waals surface area contributed by atoms with Gasteiger partial charge in [-0.3, -0.25) is 14.5 Å². The second-order valence-corrected chi connectivity index (χ2v) is 10.9. The van der Waals surface area contributed by atoms with Crippen LogP contribution in [0.25, 0.3) is 16.0 Å². The molecule has 5 aromatic rings. The zero-order chi connectivity index (χ0) is 29.5. The predicted molar refractivity (Wildman–Crippen MR) is 161 cm³/mol. The first-order chi connectivity index (χ1) is 21.0. The van der Waals surface area contributed by atoms with Crippen LogP contribution < -0.4 is 23.8 Å². The van der Waals surface area contributed by atoms with Crippen LogP contribution in [0.5, 0.6) is 28.7 Å². The number of rotatable bonds is 6. The molecule has 4 aromatic carbocycles. The Balaban J connectivity index is 1.38. The number of ketones is 1. The number of aliphatic hydroxyl groups excluding tert-OH is 1.